The standard InChI is InChI=1S/C20H17N/c1-14-7-10-17(11-8-14)21-15(2)13-19-18-6-4-3-5-16(18)9-12-20(19)21/h3-13H,1-2H3. The highest BCUT2D eigenvalue weighted by Crippen LogP contribution is 2.30. The van der Waals surface area contributed by atoms with Gasteiger partial charge in [-0.05, 0) is 48.9 Å². The molecule has 0 atom stereocenters. The Bertz CT molecular complexity index is 943. The molecule has 0 aliphatic heterocycles. The summed E-state index contributed by atoms with van der Waals surface area (Å²) in [5.41, 5.74) is 5.06. The highest BCUT2D eigenvalue weighted by atomic mass is 15.0. The van der Waals surface area contributed by atoms with Crippen molar-refractivity contribution in [3.05, 3.63) is 78.0 Å². The number of hydrogen-bond donors (Lipinski definition) is 0. The van der Waals surface area contributed by atoms with Gasteiger partial charge in [-0.15, -0.1) is 0 Å². The average molecular weight is 271 g/mol. The molecule has 0 saturated heterocycles. The molecule has 0 radical (unpaired) electrons. The van der Waals surface area contributed by atoms with E-state index in [1.807, 2.05) is 0 Å². The summed E-state index contributed by atoms with van der Waals surface area (Å²) in [7, 11) is 0. The van der Waals surface area contributed by atoms with E-state index < -0.39 is 0 Å². The van der Waals surface area contributed by atoms with Crippen LogP contribution in [0.15, 0.2) is 66.7 Å². The van der Waals surface area contributed by atoms with Gasteiger partial charge < -0.3 is 4.57 Å². The molecule has 0 unspecified atom stereocenters. The van der Waals surface area contributed by atoms with Crippen LogP contribution in [0.3, 0.4) is 0 Å². The summed E-state index contributed by atoms with van der Waals surface area (Å²) in [6.07, 6.45) is 0. The summed E-state index contributed by atoms with van der Waals surface area (Å²) >= 11 is 0. The van der Waals surface area contributed by atoms with Gasteiger partial charge in [0.05, 0.1) is 5.52 Å². The van der Waals surface area contributed by atoms with Crippen LogP contribution in [0.4, 0.5) is 0 Å². The molecule has 0 saturated carbocycles. The zero-order valence-electron chi connectivity index (χ0n) is 12.3. The topological polar surface area (TPSA) is 4.93 Å². The monoisotopic (exact) mass is 271 g/mol. The first kappa shape index (κ1) is 12.2. The molecule has 1 aromatic heterocycles. The summed E-state index contributed by atoms with van der Waals surface area (Å²) in [6, 6.07) is 24.0. The van der Waals surface area contributed by atoms with E-state index in [4.69, 9.17) is 0 Å². The van der Waals surface area contributed by atoms with E-state index in [9.17, 15) is 0 Å². The Balaban J connectivity index is 2.08. The van der Waals surface area contributed by atoms with Crippen LogP contribution >= 0.6 is 0 Å². The van der Waals surface area contributed by atoms with Crippen LogP contribution in [0.5, 0.6) is 0 Å². The molecule has 102 valence electrons. The number of nitrogens with zero attached hydrogens (tertiary/aromatic N) is 1. The summed E-state index contributed by atoms with van der Waals surface area (Å²) < 4.78 is 2.33. The van der Waals surface area contributed by atoms with Crippen LogP contribution in [-0.4, -0.2) is 4.57 Å². The van der Waals surface area contributed by atoms with Gasteiger partial charge in [0.15, 0.2) is 0 Å². The zero-order chi connectivity index (χ0) is 14.4. The van der Waals surface area contributed by atoms with Crippen molar-refractivity contribution >= 4 is 21.7 Å². The summed E-state index contributed by atoms with van der Waals surface area (Å²) in [5.74, 6) is 0. The predicted octanol–water partition coefficient (Wildman–Crippen LogP) is 5.40. The molecule has 0 spiro atoms. The number of rotatable bonds is 1. The predicted molar refractivity (Wildman–Crippen MR) is 90.3 cm³/mol. The minimum Gasteiger partial charge on any atom is -0.314 e. The molecule has 1 heteroatoms. The number of aromatic nitrogens is 1. The second-order valence-electron chi connectivity index (χ2n) is 5.68. The molecular formula is C20H17N. The molecular weight excluding hydrogens is 254 g/mol. The first-order chi connectivity index (χ1) is 10.2. The molecule has 4 rings (SSSR count). The number of benzene rings is 3. The largest absolute Gasteiger partial charge is 0.314 e. The van der Waals surface area contributed by atoms with Gasteiger partial charge in [-0.3, -0.25) is 0 Å². The molecule has 3 aromatic carbocycles. The molecule has 0 fully saturated rings. The Morgan fingerprint density at radius 3 is 2.29 bits per heavy atom. The quantitative estimate of drug-likeness (QED) is 0.437. The fourth-order valence-corrected chi connectivity index (χ4v) is 3.13. The minimum absolute atomic E-state index is 1.23. The fourth-order valence-electron chi connectivity index (χ4n) is 3.13. The summed E-state index contributed by atoms with van der Waals surface area (Å²) in [6.45, 7) is 4.30. The van der Waals surface area contributed by atoms with Gasteiger partial charge in [0.25, 0.3) is 0 Å². The van der Waals surface area contributed by atoms with Gasteiger partial charge in [-0.25, -0.2) is 0 Å². The first-order valence-corrected chi connectivity index (χ1v) is 7.31. The molecule has 0 amide bonds. The maximum absolute atomic E-state index is 2.33. The Hall–Kier alpha value is -2.54. The SMILES string of the molecule is Cc1ccc(-n2c(C)cc3c4ccccc4ccc32)cc1. The third-order valence-electron chi connectivity index (χ3n) is 4.19. The highest BCUT2D eigenvalue weighted by Gasteiger charge is 2.09. The van der Waals surface area contributed by atoms with E-state index in [2.05, 4.69) is 85.1 Å². The number of hydrogen-bond acceptors (Lipinski definition) is 0. The van der Waals surface area contributed by atoms with E-state index in [1.54, 1.807) is 0 Å². The number of fused-ring (bicyclic) bond motifs is 3. The fraction of sp³-hybridized carbons (Fsp3) is 0.100. The lowest BCUT2D eigenvalue weighted by molar-refractivity contribution is 1.05. The second-order valence-corrected chi connectivity index (χ2v) is 5.68. The van der Waals surface area contributed by atoms with Crippen LogP contribution in [0.1, 0.15) is 11.3 Å². The molecule has 0 bridgehead atoms. The molecule has 0 N–H and O–H groups in total. The van der Waals surface area contributed by atoms with Crippen LogP contribution in [0, 0.1) is 13.8 Å². The van der Waals surface area contributed by atoms with Crippen molar-refractivity contribution in [3.63, 3.8) is 0 Å². The third-order valence-corrected chi connectivity index (χ3v) is 4.19. The third kappa shape index (κ3) is 1.85. The van der Waals surface area contributed by atoms with E-state index in [1.165, 1.54) is 38.6 Å². The second kappa shape index (κ2) is 4.49. The van der Waals surface area contributed by atoms with Gasteiger partial charge in [0.1, 0.15) is 0 Å². The first-order valence-electron chi connectivity index (χ1n) is 7.31. The Morgan fingerprint density at radius 2 is 1.48 bits per heavy atom. The van der Waals surface area contributed by atoms with Crippen molar-refractivity contribution in [1.82, 2.24) is 4.57 Å². The Morgan fingerprint density at radius 1 is 0.714 bits per heavy atom. The van der Waals surface area contributed by atoms with Crippen molar-refractivity contribution < 1.29 is 0 Å². The maximum Gasteiger partial charge on any atom is 0.0537 e. The molecule has 1 nitrogen and oxygen atoms in total. The van der Waals surface area contributed by atoms with Crippen LogP contribution < -0.4 is 0 Å². The number of aryl methyl sites for hydroxylation is 2. The Labute approximate surface area is 124 Å². The Kier molecular flexibility index (Phi) is 2.61. The van der Waals surface area contributed by atoms with E-state index in [-0.39, 0.29) is 0 Å². The van der Waals surface area contributed by atoms with E-state index in [0.29, 0.717) is 0 Å². The van der Waals surface area contributed by atoms with Crippen molar-refractivity contribution in [3.8, 4) is 5.69 Å². The van der Waals surface area contributed by atoms with Gasteiger partial charge >= 0.3 is 0 Å². The van der Waals surface area contributed by atoms with E-state index >= 15 is 0 Å². The lowest BCUT2D eigenvalue weighted by Gasteiger charge is -2.09. The highest BCUT2D eigenvalue weighted by molar-refractivity contribution is 6.07. The zero-order valence-corrected chi connectivity index (χ0v) is 12.3. The van der Waals surface area contributed by atoms with Crippen molar-refractivity contribution in [1.29, 1.82) is 0 Å². The van der Waals surface area contributed by atoms with E-state index in [0.717, 1.165) is 0 Å². The van der Waals surface area contributed by atoms with Crippen molar-refractivity contribution in [2.75, 3.05) is 0 Å². The average Bonchev–Trinajstić information content (AvgIpc) is 2.85. The van der Waals surface area contributed by atoms with Crippen LogP contribution in [0.25, 0.3) is 27.4 Å². The lowest BCUT2D eigenvalue weighted by Crippen LogP contribution is -1.95. The minimum atomic E-state index is 1.23. The lowest BCUT2D eigenvalue weighted by atomic mass is 10.1. The van der Waals surface area contributed by atoms with Crippen LogP contribution in [-0.2, 0) is 0 Å². The van der Waals surface area contributed by atoms with Crippen LogP contribution in [0.2, 0.25) is 0 Å². The van der Waals surface area contributed by atoms with Gasteiger partial charge in [0.2, 0.25) is 0 Å². The normalized spacial score (nSPS) is 11.3. The smallest absolute Gasteiger partial charge is 0.0537 e. The molecule has 0 aliphatic rings. The van der Waals surface area contributed by atoms with Crippen molar-refractivity contribution in [2.45, 2.75) is 13.8 Å². The summed E-state index contributed by atoms with van der Waals surface area (Å²) in [4.78, 5) is 0. The molecule has 0 aliphatic carbocycles. The molecule has 1 heterocycles. The molecule has 4 aromatic rings. The van der Waals surface area contributed by atoms with Crippen molar-refractivity contribution in [2.24, 2.45) is 0 Å². The van der Waals surface area contributed by atoms with Gasteiger partial charge in [-0.1, -0.05) is 48.0 Å². The summed E-state index contributed by atoms with van der Waals surface area (Å²) in [5, 5.41) is 3.95. The van der Waals surface area contributed by atoms with Gasteiger partial charge in [0, 0.05) is 16.8 Å². The molecule has 21 heavy (non-hydrogen) atoms. The van der Waals surface area contributed by atoms with Gasteiger partial charge in [-0.2, -0.15) is 0 Å². The maximum atomic E-state index is 2.33.